The number of fused-ring (bicyclic) bond motifs is 1. The zero-order chi connectivity index (χ0) is 26.1. The lowest BCUT2D eigenvalue weighted by Gasteiger charge is -2.26. The molecule has 1 aromatic heterocycles. The molecule has 0 bridgehead atoms. The van der Waals surface area contributed by atoms with Crippen LogP contribution >= 0.6 is 27.3 Å². The van der Waals surface area contributed by atoms with Gasteiger partial charge in [-0.05, 0) is 75.2 Å². The van der Waals surface area contributed by atoms with Crippen molar-refractivity contribution >= 4 is 39.3 Å². The number of benzene rings is 2. The molecule has 2 heterocycles. The van der Waals surface area contributed by atoms with Gasteiger partial charge in [-0.3, -0.25) is 9.36 Å². The molecular formula is C27H27BrN2O5S. The van der Waals surface area contributed by atoms with Gasteiger partial charge in [-0.25, -0.2) is 9.79 Å². The summed E-state index contributed by atoms with van der Waals surface area (Å²) in [5.74, 6) is 0.781. The highest BCUT2D eigenvalue weighted by molar-refractivity contribution is 9.10. The lowest BCUT2D eigenvalue weighted by Crippen LogP contribution is -2.40. The lowest BCUT2D eigenvalue weighted by molar-refractivity contribution is -0.143. The second-order valence-electron chi connectivity index (χ2n) is 8.64. The maximum Gasteiger partial charge on any atom is 0.338 e. The molecule has 0 saturated heterocycles. The molecule has 0 saturated carbocycles. The van der Waals surface area contributed by atoms with Gasteiger partial charge in [0.2, 0.25) is 0 Å². The van der Waals surface area contributed by atoms with Crippen LogP contribution in [0, 0.1) is 6.92 Å². The first-order valence-electron chi connectivity index (χ1n) is 11.4. The number of hydrogen-bond donors (Lipinski definition) is 0. The average Bonchev–Trinajstić information content (AvgIpc) is 3.13. The van der Waals surface area contributed by atoms with E-state index in [0.29, 0.717) is 31.9 Å². The quantitative estimate of drug-likeness (QED) is 0.413. The Balaban J connectivity index is 1.99. The summed E-state index contributed by atoms with van der Waals surface area (Å²) in [6.07, 6.45) is 1.52. The van der Waals surface area contributed by atoms with E-state index in [1.165, 1.54) is 11.3 Å². The van der Waals surface area contributed by atoms with E-state index < -0.39 is 12.0 Å². The standard InChI is InChI=1S/C27H27BrN2O5S/c1-14(2)35-26(32)23-16(4)29-27-30(24(23)20-13-18(28)8-10-21(20)34-6)25(31)22(36-27)12-17-7-9-19(33-5)11-15(17)3/h7-14,24H,1-6H3/b22-12-/t24-/m1/s1. The molecule has 36 heavy (non-hydrogen) atoms. The average molecular weight is 571 g/mol. The van der Waals surface area contributed by atoms with Gasteiger partial charge in [0.1, 0.15) is 17.5 Å². The van der Waals surface area contributed by atoms with E-state index in [2.05, 4.69) is 20.9 Å². The number of thiazole rings is 1. The van der Waals surface area contributed by atoms with Gasteiger partial charge in [-0.1, -0.05) is 33.3 Å². The highest BCUT2D eigenvalue weighted by Gasteiger charge is 2.35. The molecule has 9 heteroatoms. The zero-order valence-corrected chi connectivity index (χ0v) is 23.3. The second kappa shape index (κ2) is 10.4. The van der Waals surface area contributed by atoms with E-state index in [-0.39, 0.29) is 11.7 Å². The predicted octanol–water partition coefficient (Wildman–Crippen LogP) is 4.27. The molecule has 188 valence electrons. The van der Waals surface area contributed by atoms with Crippen LogP contribution in [0.4, 0.5) is 0 Å². The molecule has 0 amide bonds. The fraction of sp³-hybridized carbons (Fsp3) is 0.296. The van der Waals surface area contributed by atoms with E-state index in [4.69, 9.17) is 14.2 Å². The summed E-state index contributed by atoms with van der Waals surface area (Å²) >= 11 is 4.80. The van der Waals surface area contributed by atoms with Crippen molar-refractivity contribution in [3.63, 3.8) is 0 Å². The van der Waals surface area contributed by atoms with Gasteiger partial charge >= 0.3 is 5.97 Å². The number of aromatic nitrogens is 1. The van der Waals surface area contributed by atoms with Crippen LogP contribution in [0.1, 0.15) is 43.5 Å². The van der Waals surface area contributed by atoms with E-state index >= 15 is 0 Å². The maximum atomic E-state index is 13.8. The van der Waals surface area contributed by atoms with Gasteiger partial charge in [0.15, 0.2) is 4.80 Å². The second-order valence-corrected chi connectivity index (χ2v) is 10.6. The molecule has 1 aliphatic rings. The largest absolute Gasteiger partial charge is 0.497 e. The Hall–Kier alpha value is -3.17. The number of carbonyl (C=O) groups is 1. The van der Waals surface area contributed by atoms with Gasteiger partial charge in [0.25, 0.3) is 5.56 Å². The van der Waals surface area contributed by atoms with E-state index in [1.54, 1.807) is 45.6 Å². The number of aryl methyl sites for hydroxylation is 1. The van der Waals surface area contributed by atoms with Crippen LogP contribution in [0.3, 0.4) is 0 Å². The summed E-state index contributed by atoms with van der Waals surface area (Å²) in [5, 5.41) is 0. The summed E-state index contributed by atoms with van der Waals surface area (Å²) in [6, 6.07) is 10.4. The van der Waals surface area contributed by atoms with Gasteiger partial charge in [-0.15, -0.1) is 0 Å². The van der Waals surface area contributed by atoms with Crippen LogP contribution in [-0.4, -0.2) is 30.9 Å². The number of ether oxygens (including phenoxy) is 3. The number of rotatable bonds is 6. The Morgan fingerprint density at radius 3 is 2.53 bits per heavy atom. The number of methoxy groups -OCH3 is 2. The molecule has 0 spiro atoms. The SMILES string of the molecule is COc1ccc(/C=c2\sc3n(c2=O)[C@H](c2cc(Br)ccc2OC)C(C(=O)OC(C)C)=C(C)N=3)c(C)c1. The Labute approximate surface area is 221 Å². The van der Waals surface area contributed by atoms with Crippen molar-refractivity contribution in [1.29, 1.82) is 0 Å². The van der Waals surface area contributed by atoms with Crippen molar-refractivity contribution in [2.24, 2.45) is 4.99 Å². The van der Waals surface area contributed by atoms with Crippen LogP contribution in [0.25, 0.3) is 6.08 Å². The van der Waals surface area contributed by atoms with Crippen LogP contribution in [0.15, 0.2) is 61.9 Å². The first-order chi connectivity index (χ1) is 17.1. The Bertz CT molecular complexity index is 1550. The third-order valence-corrected chi connectivity index (χ3v) is 7.31. The molecule has 1 aliphatic heterocycles. The molecule has 3 aromatic rings. The fourth-order valence-electron chi connectivity index (χ4n) is 4.15. The number of nitrogens with zero attached hydrogens (tertiary/aromatic N) is 2. The zero-order valence-electron chi connectivity index (χ0n) is 20.9. The smallest absolute Gasteiger partial charge is 0.338 e. The van der Waals surface area contributed by atoms with Crippen molar-refractivity contribution in [3.8, 4) is 11.5 Å². The van der Waals surface area contributed by atoms with Crippen LogP contribution in [0.5, 0.6) is 11.5 Å². The molecule has 0 N–H and O–H groups in total. The lowest BCUT2D eigenvalue weighted by atomic mass is 9.95. The molecule has 7 nitrogen and oxygen atoms in total. The van der Waals surface area contributed by atoms with Gasteiger partial charge in [0, 0.05) is 10.0 Å². The van der Waals surface area contributed by atoms with Gasteiger partial charge in [0.05, 0.1) is 36.1 Å². The normalized spacial score (nSPS) is 15.6. The van der Waals surface area contributed by atoms with Crippen molar-refractivity contribution in [3.05, 3.63) is 88.5 Å². The minimum absolute atomic E-state index is 0.247. The summed E-state index contributed by atoms with van der Waals surface area (Å²) in [4.78, 5) is 32.3. The van der Waals surface area contributed by atoms with E-state index in [9.17, 15) is 9.59 Å². The molecule has 2 aromatic carbocycles. The molecule has 1 atom stereocenters. The molecule has 0 radical (unpaired) electrons. The number of carbonyl (C=O) groups excluding carboxylic acids is 1. The summed E-state index contributed by atoms with van der Waals surface area (Å²) in [7, 11) is 3.18. The van der Waals surface area contributed by atoms with E-state index in [1.807, 2.05) is 43.3 Å². The van der Waals surface area contributed by atoms with Crippen LogP contribution in [0.2, 0.25) is 0 Å². The Morgan fingerprint density at radius 1 is 1.14 bits per heavy atom. The molecule has 4 rings (SSSR count). The Morgan fingerprint density at radius 2 is 1.89 bits per heavy atom. The summed E-state index contributed by atoms with van der Waals surface area (Å²) < 4.78 is 19.4. The maximum absolute atomic E-state index is 13.8. The molecule has 0 aliphatic carbocycles. The highest BCUT2D eigenvalue weighted by atomic mass is 79.9. The van der Waals surface area contributed by atoms with Crippen LogP contribution in [-0.2, 0) is 9.53 Å². The third kappa shape index (κ3) is 4.90. The minimum Gasteiger partial charge on any atom is -0.497 e. The fourth-order valence-corrected chi connectivity index (χ4v) is 5.57. The monoisotopic (exact) mass is 570 g/mol. The van der Waals surface area contributed by atoms with Gasteiger partial charge in [-0.2, -0.15) is 0 Å². The number of esters is 1. The number of allylic oxidation sites excluding steroid dienone is 1. The van der Waals surface area contributed by atoms with Crippen LogP contribution < -0.4 is 24.4 Å². The first kappa shape index (κ1) is 25.9. The van der Waals surface area contributed by atoms with Crippen molar-refractivity contribution in [2.45, 2.75) is 39.8 Å². The summed E-state index contributed by atoms with van der Waals surface area (Å²) in [5.41, 5.74) is 3.09. The molecule has 0 fully saturated rings. The van der Waals surface area contributed by atoms with Gasteiger partial charge < -0.3 is 14.2 Å². The summed E-state index contributed by atoms with van der Waals surface area (Å²) in [6.45, 7) is 7.30. The predicted molar refractivity (Wildman–Crippen MR) is 143 cm³/mol. The molecular weight excluding hydrogens is 544 g/mol. The Kier molecular flexibility index (Phi) is 7.51. The van der Waals surface area contributed by atoms with Crippen molar-refractivity contribution in [1.82, 2.24) is 4.57 Å². The highest BCUT2D eigenvalue weighted by Crippen LogP contribution is 2.37. The molecule has 0 unspecified atom stereocenters. The third-order valence-electron chi connectivity index (χ3n) is 5.83. The number of halogens is 1. The van der Waals surface area contributed by atoms with Crippen molar-refractivity contribution < 1.29 is 19.0 Å². The first-order valence-corrected chi connectivity index (χ1v) is 13.0. The number of hydrogen-bond acceptors (Lipinski definition) is 7. The van der Waals surface area contributed by atoms with E-state index in [0.717, 1.165) is 21.3 Å². The van der Waals surface area contributed by atoms with Crippen molar-refractivity contribution in [2.75, 3.05) is 14.2 Å². The topological polar surface area (TPSA) is 79.1 Å². The minimum atomic E-state index is -0.765.